The monoisotopic (exact) mass is 432 g/mol. The Labute approximate surface area is 184 Å². The molecule has 1 amide bonds. The summed E-state index contributed by atoms with van der Waals surface area (Å²) in [5.74, 6) is 2.43. The van der Waals surface area contributed by atoms with Crippen molar-refractivity contribution in [3.8, 4) is 34.3 Å². The molecule has 0 aliphatic carbocycles. The molecule has 1 N–H and O–H groups in total. The van der Waals surface area contributed by atoms with Crippen LogP contribution in [0, 0.1) is 0 Å². The van der Waals surface area contributed by atoms with Crippen LogP contribution in [0.4, 0.5) is 5.13 Å². The van der Waals surface area contributed by atoms with E-state index in [1.807, 2.05) is 53.9 Å². The first kappa shape index (κ1) is 20.4. The molecule has 6 nitrogen and oxygen atoms in total. The van der Waals surface area contributed by atoms with E-state index in [0.29, 0.717) is 27.9 Å². The minimum absolute atomic E-state index is 0.237. The molecule has 0 bridgehead atoms. The van der Waals surface area contributed by atoms with Crippen LogP contribution in [0.1, 0.15) is 10.4 Å². The maximum Gasteiger partial charge on any atom is 0.257 e. The summed E-state index contributed by atoms with van der Waals surface area (Å²) in [5, 5.41) is 5.24. The zero-order valence-corrected chi connectivity index (χ0v) is 17.8. The van der Waals surface area contributed by atoms with Crippen LogP contribution in [-0.4, -0.2) is 25.1 Å². The lowest BCUT2D eigenvalue weighted by atomic mass is 10.1. The van der Waals surface area contributed by atoms with Gasteiger partial charge in [-0.25, -0.2) is 4.98 Å². The van der Waals surface area contributed by atoms with Crippen molar-refractivity contribution in [1.29, 1.82) is 0 Å². The van der Waals surface area contributed by atoms with Crippen molar-refractivity contribution in [2.75, 3.05) is 19.5 Å². The highest BCUT2D eigenvalue weighted by Gasteiger charge is 2.12. The number of aromatic nitrogens is 1. The molecule has 1 heterocycles. The number of methoxy groups -OCH3 is 2. The molecular weight excluding hydrogens is 412 g/mol. The highest BCUT2D eigenvalue weighted by molar-refractivity contribution is 7.14. The summed E-state index contributed by atoms with van der Waals surface area (Å²) in [6.07, 6.45) is 0. The molecule has 4 rings (SSSR count). The average molecular weight is 433 g/mol. The average Bonchev–Trinajstić information content (AvgIpc) is 3.28. The molecule has 0 fully saturated rings. The van der Waals surface area contributed by atoms with E-state index in [1.165, 1.54) is 11.3 Å². The fraction of sp³-hybridized carbons (Fsp3) is 0.0833. The fourth-order valence-electron chi connectivity index (χ4n) is 2.93. The number of amides is 1. The molecule has 31 heavy (non-hydrogen) atoms. The van der Waals surface area contributed by atoms with E-state index in [-0.39, 0.29) is 5.91 Å². The van der Waals surface area contributed by atoms with E-state index in [9.17, 15) is 4.79 Å². The zero-order chi connectivity index (χ0) is 21.6. The lowest BCUT2D eigenvalue weighted by Crippen LogP contribution is -2.11. The van der Waals surface area contributed by atoms with Crippen LogP contribution in [0.15, 0.2) is 78.2 Å². The summed E-state index contributed by atoms with van der Waals surface area (Å²) in [6, 6.07) is 22.0. The van der Waals surface area contributed by atoms with E-state index in [4.69, 9.17) is 14.2 Å². The summed E-state index contributed by atoms with van der Waals surface area (Å²) >= 11 is 1.36. The molecule has 1 aromatic heterocycles. The van der Waals surface area contributed by atoms with Gasteiger partial charge in [0.05, 0.1) is 19.9 Å². The molecule has 0 unspecified atom stereocenters. The first-order valence-electron chi connectivity index (χ1n) is 9.48. The highest BCUT2D eigenvalue weighted by Crippen LogP contribution is 2.33. The number of carbonyl (C=O) groups excluding carboxylic acids is 1. The topological polar surface area (TPSA) is 69.7 Å². The SMILES string of the molecule is COc1ccc(-c2csc(NC(=O)c3ccc(Oc4ccccc4)cc3)n2)cc1OC. The van der Waals surface area contributed by atoms with E-state index in [2.05, 4.69) is 10.3 Å². The van der Waals surface area contributed by atoms with E-state index >= 15 is 0 Å². The minimum Gasteiger partial charge on any atom is -0.493 e. The molecule has 0 atom stereocenters. The van der Waals surface area contributed by atoms with Crippen LogP contribution in [0.25, 0.3) is 11.3 Å². The Bertz CT molecular complexity index is 1170. The molecule has 0 saturated heterocycles. The van der Waals surface area contributed by atoms with E-state index < -0.39 is 0 Å². The molecular formula is C24H20N2O4S. The summed E-state index contributed by atoms with van der Waals surface area (Å²) in [7, 11) is 3.18. The van der Waals surface area contributed by atoms with Gasteiger partial charge < -0.3 is 14.2 Å². The van der Waals surface area contributed by atoms with Crippen molar-refractivity contribution in [2.24, 2.45) is 0 Å². The molecule has 0 spiro atoms. The Morgan fingerprint density at radius 3 is 2.29 bits per heavy atom. The second kappa shape index (κ2) is 9.32. The normalized spacial score (nSPS) is 10.4. The fourth-order valence-corrected chi connectivity index (χ4v) is 3.64. The minimum atomic E-state index is -0.237. The van der Waals surface area contributed by atoms with Crippen LogP contribution in [0.2, 0.25) is 0 Å². The highest BCUT2D eigenvalue weighted by atomic mass is 32.1. The maximum absolute atomic E-state index is 12.6. The van der Waals surface area contributed by atoms with Crippen molar-refractivity contribution < 1.29 is 19.0 Å². The Morgan fingerprint density at radius 2 is 1.58 bits per heavy atom. The van der Waals surface area contributed by atoms with Crippen molar-refractivity contribution >= 4 is 22.4 Å². The number of hydrogen-bond acceptors (Lipinski definition) is 6. The molecule has 3 aromatic carbocycles. The van der Waals surface area contributed by atoms with Crippen LogP contribution < -0.4 is 19.5 Å². The first-order valence-corrected chi connectivity index (χ1v) is 10.4. The van der Waals surface area contributed by atoms with Gasteiger partial charge in [0.15, 0.2) is 16.6 Å². The lowest BCUT2D eigenvalue weighted by molar-refractivity contribution is 0.102. The van der Waals surface area contributed by atoms with Gasteiger partial charge in [0, 0.05) is 16.5 Å². The molecule has 156 valence electrons. The lowest BCUT2D eigenvalue weighted by Gasteiger charge is -2.08. The van der Waals surface area contributed by atoms with Gasteiger partial charge in [0.25, 0.3) is 5.91 Å². The zero-order valence-electron chi connectivity index (χ0n) is 17.0. The van der Waals surface area contributed by atoms with Gasteiger partial charge in [0.2, 0.25) is 0 Å². The van der Waals surface area contributed by atoms with E-state index in [1.54, 1.807) is 38.5 Å². The van der Waals surface area contributed by atoms with Gasteiger partial charge in [-0.05, 0) is 54.6 Å². The van der Waals surface area contributed by atoms with Gasteiger partial charge in [-0.15, -0.1) is 11.3 Å². The molecule has 0 aliphatic heterocycles. The Hall–Kier alpha value is -3.84. The number of nitrogens with one attached hydrogen (secondary N) is 1. The Morgan fingerprint density at radius 1 is 0.871 bits per heavy atom. The molecule has 4 aromatic rings. The van der Waals surface area contributed by atoms with Gasteiger partial charge in [-0.2, -0.15) is 0 Å². The Kier molecular flexibility index (Phi) is 6.14. The summed E-state index contributed by atoms with van der Waals surface area (Å²) < 4.78 is 16.4. The molecule has 0 saturated carbocycles. The van der Waals surface area contributed by atoms with Gasteiger partial charge >= 0.3 is 0 Å². The van der Waals surface area contributed by atoms with Crippen molar-refractivity contribution in [2.45, 2.75) is 0 Å². The van der Waals surface area contributed by atoms with Gasteiger partial charge in [-0.1, -0.05) is 18.2 Å². The van der Waals surface area contributed by atoms with Crippen LogP contribution in [0.3, 0.4) is 0 Å². The second-order valence-corrected chi connectivity index (χ2v) is 7.36. The van der Waals surface area contributed by atoms with E-state index in [0.717, 1.165) is 17.0 Å². The standard InChI is InChI=1S/C24H20N2O4S/c1-28-21-13-10-17(14-22(21)29-2)20-15-31-24(25-20)26-23(27)16-8-11-19(12-9-16)30-18-6-4-3-5-7-18/h3-15H,1-2H3,(H,25,26,27). The van der Waals surface area contributed by atoms with Crippen molar-refractivity contribution in [3.05, 3.63) is 83.7 Å². The number of nitrogens with zero attached hydrogens (tertiary/aromatic N) is 1. The molecule has 0 aliphatic rings. The molecule has 7 heteroatoms. The largest absolute Gasteiger partial charge is 0.493 e. The van der Waals surface area contributed by atoms with Gasteiger partial charge in [0.1, 0.15) is 11.5 Å². The third kappa shape index (κ3) is 4.84. The third-order valence-electron chi connectivity index (χ3n) is 4.50. The number of para-hydroxylation sites is 1. The summed E-state index contributed by atoms with van der Waals surface area (Å²) in [6.45, 7) is 0. The quantitative estimate of drug-likeness (QED) is 0.395. The second-order valence-electron chi connectivity index (χ2n) is 6.50. The predicted octanol–water partition coefficient (Wildman–Crippen LogP) is 5.87. The maximum atomic E-state index is 12.6. The van der Waals surface area contributed by atoms with Crippen molar-refractivity contribution in [1.82, 2.24) is 4.98 Å². The van der Waals surface area contributed by atoms with Crippen LogP contribution in [0.5, 0.6) is 23.0 Å². The number of hydrogen-bond donors (Lipinski definition) is 1. The van der Waals surface area contributed by atoms with Crippen LogP contribution >= 0.6 is 11.3 Å². The third-order valence-corrected chi connectivity index (χ3v) is 5.26. The number of thiazole rings is 1. The van der Waals surface area contributed by atoms with Crippen molar-refractivity contribution in [3.63, 3.8) is 0 Å². The number of benzene rings is 3. The smallest absolute Gasteiger partial charge is 0.257 e. The predicted molar refractivity (Wildman–Crippen MR) is 122 cm³/mol. The number of anilines is 1. The summed E-state index contributed by atoms with van der Waals surface area (Å²) in [5.41, 5.74) is 2.13. The number of rotatable bonds is 7. The van der Waals surface area contributed by atoms with Gasteiger partial charge in [-0.3, -0.25) is 10.1 Å². The summed E-state index contributed by atoms with van der Waals surface area (Å²) in [4.78, 5) is 17.1. The first-order chi connectivity index (χ1) is 15.2. The van der Waals surface area contributed by atoms with Crippen LogP contribution in [-0.2, 0) is 0 Å². The number of carbonyl (C=O) groups is 1. The number of ether oxygens (including phenoxy) is 3. The Balaban J connectivity index is 1.43. The molecule has 0 radical (unpaired) electrons.